The van der Waals surface area contributed by atoms with E-state index >= 15 is 0 Å². The van der Waals surface area contributed by atoms with E-state index in [-0.39, 0.29) is 5.84 Å². The molecule has 0 fully saturated rings. The first-order chi connectivity index (χ1) is 8.79. The fraction of sp³-hybridized carbons (Fsp3) is 0.0769. The smallest absolute Gasteiger partial charge is 0.188 e. The monoisotopic (exact) mass is 259 g/mol. The average Bonchev–Trinajstić information content (AvgIpc) is 2.45. The van der Waals surface area contributed by atoms with Crippen LogP contribution >= 0.6 is 11.8 Å². The Kier molecular flexibility index (Phi) is 4.20. The van der Waals surface area contributed by atoms with Gasteiger partial charge in [0.15, 0.2) is 5.84 Å². The molecule has 4 nitrogen and oxygen atoms in total. The molecule has 0 saturated heterocycles. The molecule has 2 aromatic rings. The minimum Gasteiger partial charge on any atom is -0.409 e. The highest BCUT2D eigenvalue weighted by molar-refractivity contribution is 7.98. The number of oxime groups is 1. The van der Waals surface area contributed by atoms with Crippen molar-refractivity contribution in [2.45, 2.75) is 10.6 Å². The molecule has 3 N–H and O–H groups in total. The maximum atomic E-state index is 8.60. The second-order valence-electron chi connectivity index (χ2n) is 3.64. The molecule has 0 aliphatic rings. The molecule has 1 aromatic carbocycles. The van der Waals surface area contributed by atoms with Crippen molar-refractivity contribution in [3.05, 3.63) is 59.9 Å². The van der Waals surface area contributed by atoms with E-state index in [1.807, 2.05) is 30.3 Å². The van der Waals surface area contributed by atoms with Gasteiger partial charge < -0.3 is 10.9 Å². The van der Waals surface area contributed by atoms with Crippen LogP contribution in [0.1, 0.15) is 11.3 Å². The molecule has 0 aliphatic heterocycles. The number of hydrogen-bond acceptors (Lipinski definition) is 4. The van der Waals surface area contributed by atoms with E-state index in [0.29, 0.717) is 5.69 Å². The van der Waals surface area contributed by atoms with E-state index < -0.39 is 0 Å². The van der Waals surface area contributed by atoms with Gasteiger partial charge in [0, 0.05) is 16.8 Å². The summed E-state index contributed by atoms with van der Waals surface area (Å²) in [5.41, 5.74) is 7.23. The molecule has 0 spiro atoms. The summed E-state index contributed by atoms with van der Waals surface area (Å²) in [5, 5.41) is 11.5. The Bertz CT molecular complexity index is 543. The molecule has 0 saturated carbocycles. The van der Waals surface area contributed by atoms with Crippen LogP contribution in [-0.2, 0) is 5.75 Å². The Hall–Kier alpha value is -2.01. The summed E-state index contributed by atoms with van der Waals surface area (Å²) < 4.78 is 0. The van der Waals surface area contributed by atoms with Gasteiger partial charge in [0.05, 0.1) is 0 Å². The topological polar surface area (TPSA) is 71.5 Å². The zero-order valence-corrected chi connectivity index (χ0v) is 10.5. The van der Waals surface area contributed by atoms with E-state index in [1.54, 1.807) is 18.0 Å². The first-order valence-corrected chi connectivity index (χ1v) is 6.39. The molecule has 92 valence electrons. The van der Waals surface area contributed by atoms with Crippen LogP contribution in [0.15, 0.2) is 58.7 Å². The molecule has 0 bridgehead atoms. The predicted octanol–water partition coefficient (Wildman–Crippen LogP) is 2.47. The van der Waals surface area contributed by atoms with Crippen LogP contribution in [0.2, 0.25) is 0 Å². The Morgan fingerprint density at radius 2 is 2.06 bits per heavy atom. The molecule has 5 heteroatoms. The predicted molar refractivity (Wildman–Crippen MR) is 72.8 cm³/mol. The third-order valence-electron chi connectivity index (χ3n) is 2.35. The molecular formula is C13H13N3OS. The molecule has 0 atom stereocenters. The van der Waals surface area contributed by atoms with Gasteiger partial charge in [0.1, 0.15) is 5.69 Å². The second-order valence-corrected chi connectivity index (χ2v) is 4.69. The van der Waals surface area contributed by atoms with Crippen molar-refractivity contribution in [3.63, 3.8) is 0 Å². The van der Waals surface area contributed by atoms with E-state index in [9.17, 15) is 0 Å². The third-order valence-corrected chi connectivity index (χ3v) is 3.41. The molecule has 0 amide bonds. The quantitative estimate of drug-likeness (QED) is 0.291. The highest BCUT2D eigenvalue weighted by Gasteiger charge is 2.03. The van der Waals surface area contributed by atoms with Gasteiger partial charge in [-0.3, -0.25) is 4.98 Å². The minimum absolute atomic E-state index is 0.0251. The largest absolute Gasteiger partial charge is 0.409 e. The standard InChI is InChI=1S/C13H13N3OS/c14-13(16-17)12-8-11(6-7-15-12)18-9-10-4-2-1-3-5-10/h1-8,17H,9H2,(H2,14,16). The summed E-state index contributed by atoms with van der Waals surface area (Å²) in [6, 6.07) is 13.9. The lowest BCUT2D eigenvalue weighted by Gasteiger charge is -2.03. The number of nitrogens with two attached hydrogens (primary N) is 1. The van der Waals surface area contributed by atoms with Crippen molar-refractivity contribution < 1.29 is 5.21 Å². The number of rotatable bonds is 4. The highest BCUT2D eigenvalue weighted by atomic mass is 32.2. The lowest BCUT2D eigenvalue weighted by Crippen LogP contribution is -2.14. The fourth-order valence-corrected chi connectivity index (χ4v) is 2.31. The van der Waals surface area contributed by atoms with Crippen molar-refractivity contribution in [2.24, 2.45) is 10.9 Å². The molecule has 0 radical (unpaired) electrons. The zero-order chi connectivity index (χ0) is 12.8. The third kappa shape index (κ3) is 3.24. The Labute approximate surface area is 110 Å². The van der Waals surface area contributed by atoms with Crippen LogP contribution < -0.4 is 5.73 Å². The van der Waals surface area contributed by atoms with Crippen molar-refractivity contribution >= 4 is 17.6 Å². The van der Waals surface area contributed by atoms with Crippen LogP contribution in [0.3, 0.4) is 0 Å². The van der Waals surface area contributed by atoms with Gasteiger partial charge >= 0.3 is 0 Å². The zero-order valence-electron chi connectivity index (χ0n) is 9.65. The highest BCUT2D eigenvalue weighted by Crippen LogP contribution is 2.22. The first-order valence-electron chi connectivity index (χ1n) is 5.40. The van der Waals surface area contributed by atoms with Gasteiger partial charge in [-0.2, -0.15) is 0 Å². The number of benzene rings is 1. The number of nitrogens with zero attached hydrogens (tertiary/aromatic N) is 2. The van der Waals surface area contributed by atoms with Gasteiger partial charge in [-0.15, -0.1) is 11.8 Å². The number of thioether (sulfide) groups is 1. The van der Waals surface area contributed by atoms with Crippen molar-refractivity contribution in [1.82, 2.24) is 4.98 Å². The van der Waals surface area contributed by atoms with E-state index in [1.165, 1.54) is 5.56 Å². The van der Waals surface area contributed by atoms with Gasteiger partial charge in [0.2, 0.25) is 0 Å². The maximum Gasteiger partial charge on any atom is 0.188 e. The average molecular weight is 259 g/mol. The Morgan fingerprint density at radius 3 is 2.78 bits per heavy atom. The minimum atomic E-state index is 0.0251. The van der Waals surface area contributed by atoms with Gasteiger partial charge in [-0.1, -0.05) is 35.5 Å². The van der Waals surface area contributed by atoms with Crippen LogP contribution in [0, 0.1) is 0 Å². The van der Waals surface area contributed by atoms with E-state index in [0.717, 1.165) is 10.6 Å². The molecule has 1 aromatic heterocycles. The van der Waals surface area contributed by atoms with E-state index in [4.69, 9.17) is 10.9 Å². The summed E-state index contributed by atoms with van der Waals surface area (Å²) in [6.45, 7) is 0. The van der Waals surface area contributed by atoms with Crippen molar-refractivity contribution in [1.29, 1.82) is 0 Å². The first kappa shape index (κ1) is 12.4. The van der Waals surface area contributed by atoms with Crippen LogP contribution in [0.5, 0.6) is 0 Å². The fourth-order valence-electron chi connectivity index (χ4n) is 1.43. The van der Waals surface area contributed by atoms with Crippen LogP contribution in [0.4, 0.5) is 0 Å². The summed E-state index contributed by atoms with van der Waals surface area (Å²) >= 11 is 1.68. The normalized spacial score (nSPS) is 11.4. The summed E-state index contributed by atoms with van der Waals surface area (Å²) in [6.07, 6.45) is 1.65. The summed E-state index contributed by atoms with van der Waals surface area (Å²) in [7, 11) is 0. The van der Waals surface area contributed by atoms with Crippen molar-refractivity contribution in [2.75, 3.05) is 0 Å². The molecule has 1 heterocycles. The number of hydrogen-bond donors (Lipinski definition) is 2. The number of amidine groups is 1. The number of pyridine rings is 1. The molecular weight excluding hydrogens is 246 g/mol. The molecule has 0 unspecified atom stereocenters. The molecule has 0 aliphatic carbocycles. The molecule has 18 heavy (non-hydrogen) atoms. The van der Waals surface area contributed by atoms with E-state index in [2.05, 4.69) is 22.3 Å². The van der Waals surface area contributed by atoms with Gasteiger partial charge in [0.25, 0.3) is 0 Å². The van der Waals surface area contributed by atoms with Crippen molar-refractivity contribution in [3.8, 4) is 0 Å². The molecule has 2 rings (SSSR count). The second kappa shape index (κ2) is 6.07. The maximum absolute atomic E-state index is 8.60. The Balaban J connectivity index is 2.06. The Morgan fingerprint density at radius 1 is 1.28 bits per heavy atom. The van der Waals surface area contributed by atoms with Gasteiger partial charge in [-0.05, 0) is 17.7 Å². The van der Waals surface area contributed by atoms with Gasteiger partial charge in [-0.25, -0.2) is 0 Å². The number of aromatic nitrogens is 1. The summed E-state index contributed by atoms with van der Waals surface area (Å²) in [4.78, 5) is 5.07. The SMILES string of the molecule is NC(=NO)c1cc(SCc2ccccc2)ccn1. The lowest BCUT2D eigenvalue weighted by molar-refractivity contribution is 0.318. The lowest BCUT2D eigenvalue weighted by atomic mass is 10.2. The van der Waals surface area contributed by atoms with Crippen LogP contribution in [0.25, 0.3) is 0 Å². The summed E-state index contributed by atoms with van der Waals surface area (Å²) in [5.74, 6) is 0.901. The van der Waals surface area contributed by atoms with Crippen LogP contribution in [-0.4, -0.2) is 16.0 Å².